The second-order valence-corrected chi connectivity index (χ2v) is 5.66. The minimum atomic E-state index is -0.255. The van der Waals surface area contributed by atoms with Crippen molar-refractivity contribution in [2.45, 2.75) is 0 Å². The van der Waals surface area contributed by atoms with Crippen molar-refractivity contribution in [2.24, 2.45) is 0 Å². The molecule has 0 saturated carbocycles. The maximum atomic E-state index is 12.9. The van der Waals surface area contributed by atoms with Crippen molar-refractivity contribution in [3.8, 4) is 10.4 Å². The third-order valence-corrected chi connectivity index (χ3v) is 4.37. The topological polar surface area (TPSA) is 29.5 Å². The summed E-state index contributed by atoms with van der Waals surface area (Å²) >= 11 is 1.44. The number of ether oxygens (including phenoxy) is 1. The first kappa shape index (κ1) is 13.3. The summed E-state index contributed by atoms with van der Waals surface area (Å²) in [7, 11) is 0. The van der Waals surface area contributed by atoms with Crippen LogP contribution in [0, 0.1) is 5.82 Å². The molecular formula is C15H14FNO2S. The van der Waals surface area contributed by atoms with Gasteiger partial charge in [0.25, 0.3) is 5.91 Å². The van der Waals surface area contributed by atoms with Crippen LogP contribution in [0.4, 0.5) is 4.39 Å². The minimum absolute atomic E-state index is 0.0478. The fourth-order valence-electron chi connectivity index (χ4n) is 2.14. The summed E-state index contributed by atoms with van der Waals surface area (Å²) in [4.78, 5) is 15.8. The number of carbonyl (C=O) groups excluding carboxylic acids is 1. The molecule has 0 aliphatic carbocycles. The molecule has 104 valence electrons. The molecule has 2 aromatic rings. The molecular weight excluding hydrogens is 277 g/mol. The highest BCUT2D eigenvalue weighted by atomic mass is 32.1. The van der Waals surface area contributed by atoms with Crippen molar-refractivity contribution in [1.29, 1.82) is 0 Å². The highest BCUT2D eigenvalue weighted by Gasteiger charge is 2.20. The van der Waals surface area contributed by atoms with Gasteiger partial charge < -0.3 is 9.64 Å². The average Bonchev–Trinajstić information content (AvgIpc) is 2.98. The Labute approximate surface area is 120 Å². The number of nitrogens with zero attached hydrogens (tertiary/aromatic N) is 1. The first-order chi connectivity index (χ1) is 9.74. The molecule has 1 saturated heterocycles. The number of hydrogen-bond acceptors (Lipinski definition) is 3. The average molecular weight is 291 g/mol. The SMILES string of the molecule is O=C(c1ccc(-c2ccc(F)cc2)s1)N1CCOCC1. The number of carbonyl (C=O) groups is 1. The second-order valence-electron chi connectivity index (χ2n) is 4.58. The van der Waals surface area contributed by atoms with E-state index in [-0.39, 0.29) is 11.7 Å². The number of halogens is 1. The van der Waals surface area contributed by atoms with Gasteiger partial charge in [0.2, 0.25) is 0 Å². The molecule has 0 radical (unpaired) electrons. The van der Waals surface area contributed by atoms with Crippen LogP contribution in [0.2, 0.25) is 0 Å². The van der Waals surface area contributed by atoms with Gasteiger partial charge in [-0.1, -0.05) is 12.1 Å². The van der Waals surface area contributed by atoms with Crippen LogP contribution in [0.1, 0.15) is 9.67 Å². The number of thiophene rings is 1. The zero-order valence-electron chi connectivity index (χ0n) is 10.8. The lowest BCUT2D eigenvalue weighted by molar-refractivity contribution is 0.0306. The van der Waals surface area contributed by atoms with Gasteiger partial charge in [-0.15, -0.1) is 11.3 Å². The molecule has 1 fully saturated rings. The van der Waals surface area contributed by atoms with Crippen LogP contribution in [0.15, 0.2) is 36.4 Å². The van der Waals surface area contributed by atoms with Crippen molar-refractivity contribution >= 4 is 17.2 Å². The summed E-state index contributed by atoms with van der Waals surface area (Å²) in [5.41, 5.74) is 0.928. The number of hydrogen-bond donors (Lipinski definition) is 0. The molecule has 0 bridgehead atoms. The van der Waals surface area contributed by atoms with E-state index in [1.807, 2.05) is 17.0 Å². The minimum Gasteiger partial charge on any atom is -0.378 e. The fourth-order valence-corrected chi connectivity index (χ4v) is 3.12. The standard InChI is InChI=1S/C15H14FNO2S/c16-12-3-1-11(2-4-12)13-5-6-14(20-13)15(18)17-7-9-19-10-8-17/h1-6H,7-10H2. The van der Waals surface area contributed by atoms with E-state index in [1.165, 1.54) is 23.5 Å². The normalized spacial score (nSPS) is 15.3. The summed E-state index contributed by atoms with van der Waals surface area (Å²) in [6.07, 6.45) is 0. The molecule has 1 aromatic heterocycles. The molecule has 1 amide bonds. The third kappa shape index (κ3) is 2.73. The zero-order chi connectivity index (χ0) is 13.9. The van der Waals surface area contributed by atoms with E-state index in [9.17, 15) is 9.18 Å². The van der Waals surface area contributed by atoms with Gasteiger partial charge in [-0.05, 0) is 29.8 Å². The van der Waals surface area contributed by atoms with Gasteiger partial charge in [0, 0.05) is 18.0 Å². The molecule has 5 heteroatoms. The number of rotatable bonds is 2. The van der Waals surface area contributed by atoms with Gasteiger partial charge >= 0.3 is 0 Å². The molecule has 1 aromatic carbocycles. The first-order valence-corrected chi connectivity index (χ1v) is 7.28. The van der Waals surface area contributed by atoms with Gasteiger partial charge in [0.1, 0.15) is 5.82 Å². The Morgan fingerprint density at radius 3 is 2.50 bits per heavy atom. The molecule has 0 spiro atoms. The van der Waals surface area contributed by atoms with E-state index < -0.39 is 0 Å². The van der Waals surface area contributed by atoms with Crippen molar-refractivity contribution in [3.05, 3.63) is 47.1 Å². The van der Waals surface area contributed by atoms with Crippen molar-refractivity contribution < 1.29 is 13.9 Å². The Morgan fingerprint density at radius 1 is 1.10 bits per heavy atom. The van der Waals surface area contributed by atoms with Gasteiger partial charge in [-0.3, -0.25) is 4.79 Å². The monoisotopic (exact) mass is 291 g/mol. The molecule has 1 aliphatic rings. The molecule has 1 aliphatic heterocycles. The molecule has 0 N–H and O–H groups in total. The van der Waals surface area contributed by atoms with E-state index >= 15 is 0 Å². The van der Waals surface area contributed by atoms with E-state index in [4.69, 9.17) is 4.74 Å². The summed E-state index contributed by atoms with van der Waals surface area (Å²) < 4.78 is 18.2. The largest absolute Gasteiger partial charge is 0.378 e. The number of amides is 1. The molecule has 3 rings (SSSR count). The van der Waals surface area contributed by atoms with Crippen LogP contribution in [0.3, 0.4) is 0 Å². The Morgan fingerprint density at radius 2 is 1.80 bits per heavy atom. The van der Waals surface area contributed by atoms with Crippen LogP contribution in [-0.2, 0) is 4.74 Å². The number of benzene rings is 1. The lowest BCUT2D eigenvalue weighted by Crippen LogP contribution is -2.40. The van der Waals surface area contributed by atoms with E-state index in [0.29, 0.717) is 31.2 Å². The van der Waals surface area contributed by atoms with Gasteiger partial charge in [0.15, 0.2) is 0 Å². The van der Waals surface area contributed by atoms with Crippen LogP contribution < -0.4 is 0 Å². The predicted molar refractivity (Wildman–Crippen MR) is 76.4 cm³/mol. The zero-order valence-corrected chi connectivity index (χ0v) is 11.7. The predicted octanol–water partition coefficient (Wildman–Crippen LogP) is 3.03. The number of morpholine rings is 1. The Bertz CT molecular complexity index is 603. The summed E-state index contributed by atoms with van der Waals surface area (Å²) in [5.74, 6) is -0.207. The maximum Gasteiger partial charge on any atom is 0.264 e. The lowest BCUT2D eigenvalue weighted by atomic mass is 10.2. The molecule has 0 unspecified atom stereocenters. The fraction of sp³-hybridized carbons (Fsp3) is 0.267. The maximum absolute atomic E-state index is 12.9. The van der Waals surface area contributed by atoms with E-state index in [2.05, 4.69) is 0 Å². The molecule has 2 heterocycles. The Balaban J connectivity index is 1.79. The van der Waals surface area contributed by atoms with Crippen LogP contribution in [-0.4, -0.2) is 37.1 Å². The first-order valence-electron chi connectivity index (χ1n) is 6.47. The van der Waals surface area contributed by atoms with Crippen molar-refractivity contribution in [1.82, 2.24) is 4.90 Å². The highest BCUT2D eigenvalue weighted by molar-refractivity contribution is 7.17. The van der Waals surface area contributed by atoms with Crippen LogP contribution in [0.25, 0.3) is 10.4 Å². The summed E-state index contributed by atoms with van der Waals surface area (Å²) in [6.45, 7) is 2.48. The Hall–Kier alpha value is -1.72. The van der Waals surface area contributed by atoms with E-state index in [0.717, 1.165) is 10.4 Å². The summed E-state index contributed by atoms with van der Waals surface area (Å²) in [6, 6.07) is 10.1. The van der Waals surface area contributed by atoms with E-state index in [1.54, 1.807) is 12.1 Å². The quantitative estimate of drug-likeness (QED) is 0.851. The summed E-state index contributed by atoms with van der Waals surface area (Å²) in [5, 5.41) is 0. The van der Waals surface area contributed by atoms with Crippen molar-refractivity contribution in [3.63, 3.8) is 0 Å². The third-order valence-electron chi connectivity index (χ3n) is 3.24. The van der Waals surface area contributed by atoms with Crippen LogP contribution in [0.5, 0.6) is 0 Å². The second kappa shape index (κ2) is 5.73. The lowest BCUT2D eigenvalue weighted by Gasteiger charge is -2.26. The smallest absolute Gasteiger partial charge is 0.264 e. The highest BCUT2D eigenvalue weighted by Crippen LogP contribution is 2.29. The van der Waals surface area contributed by atoms with Crippen molar-refractivity contribution in [2.75, 3.05) is 26.3 Å². The van der Waals surface area contributed by atoms with Gasteiger partial charge in [-0.2, -0.15) is 0 Å². The molecule has 3 nitrogen and oxygen atoms in total. The van der Waals surface area contributed by atoms with Gasteiger partial charge in [0.05, 0.1) is 18.1 Å². The van der Waals surface area contributed by atoms with Gasteiger partial charge in [-0.25, -0.2) is 4.39 Å². The molecule has 20 heavy (non-hydrogen) atoms. The molecule has 0 atom stereocenters. The Kier molecular flexibility index (Phi) is 3.80. The van der Waals surface area contributed by atoms with Crippen LogP contribution >= 0.6 is 11.3 Å².